The number of hydrogen-bond donors (Lipinski definition) is 0. The molecule has 0 unspecified atom stereocenters. The molecule has 12 heavy (non-hydrogen) atoms. The van der Waals surface area contributed by atoms with E-state index in [1.54, 1.807) is 0 Å². The zero-order chi connectivity index (χ0) is 8.69. The maximum absolute atomic E-state index is 2.08. The predicted molar refractivity (Wildman–Crippen MR) is 59.9 cm³/mol. The van der Waals surface area contributed by atoms with Crippen molar-refractivity contribution in [2.24, 2.45) is 0 Å². The molecule has 0 amide bonds. The molecule has 0 aromatic heterocycles. The fourth-order valence-corrected chi connectivity index (χ4v) is 0.534. The standard InChI is InChI=1S/C7H8.C3H9N.Al.3H/c1-7-5-3-2-4-6-7;1-4(2)3;;;;/h2-6H,1H3;1-3H3;;;;/q;;+3;3*-1. The number of nitrogens with zero attached hydrogens (tertiary/aromatic N) is 1. The monoisotopic (exact) mass is 181 g/mol. The number of aryl methyl sites for hydroxylation is 1. The maximum atomic E-state index is 2.08. The molecule has 1 rings (SSSR count). The Kier molecular flexibility index (Phi) is 10.5. The third-order valence-electron chi connectivity index (χ3n) is 0.940. The van der Waals surface area contributed by atoms with Gasteiger partial charge in [-0.3, -0.25) is 0 Å². The Bertz CT molecular complexity index is 181. The second kappa shape index (κ2) is 8.81. The summed E-state index contributed by atoms with van der Waals surface area (Å²) < 4.78 is 0. The van der Waals surface area contributed by atoms with Crippen LogP contribution in [0.4, 0.5) is 0 Å². The molecule has 0 spiro atoms. The summed E-state index contributed by atoms with van der Waals surface area (Å²) in [7, 11) is 6.00. The van der Waals surface area contributed by atoms with Crippen molar-refractivity contribution in [3.8, 4) is 0 Å². The van der Waals surface area contributed by atoms with Gasteiger partial charge in [0, 0.05) is 0 Å². The summed E-state index contributed by atoms with van der Waals surface area (Å²) in [5.41, 5.74) is 1.32. The Morgan fingerprint density at radius 3 is 1.50 bits per heavy atom. The van der Waals surface area contributed by atoms with Crippen molar-refractivity contribution in [3.05, 3.63) is 35.9 Å². The second-order valence-corrected chi connectivity index (χ2v) is 3.00. The number of benzene rings is 1. The van der Waals surface area contributed by atoms with Crippen molar-refractivity contribution < 1.29 is 4.28 Å². The van der Waals surface area contributed by atoms with Gasteiger partial charge < -0.3 is 9.18 Å². The van der Waals surface area contributed by atoms with Gasteiger partial charge in [0.15, 0.2) is 0 Å². The molecule has 1 nitrogen and oxygen atoms in total. The largest absolute Gasteiger partial charge is 3.00 e. The first-order valence-corrected chi connectivity index (χ1v) is 3.75. The smallest absolute Gasteiger partial charge is 1.00 e. The van der Waals surface area contributed by atoms with Gasteiger partial charge in [-0.1, -0.05) is 35.9 Å². The number of rotatable bonds is 0. The predicted octanol–water partition coefficient (Wildman–Crippen LogP) is 2.13. The number of hydrogen-bond acceptors (Lipinski definition) is 1. The van der Waals surface area contributed by atoms with Crippen LogP contribution in [0.15, 0.2) is 30.3 Å². The van der Waals surface area contributed by atoms with E-state index >= 15 is 0 Å². The van der Waals surface area contributed by atoms with Gasteiger partial charge >= 0.3 is 17.4 Å². The van der Waals surface area contributed by atoms with Crippen molar-refractivity contribution in [2.75, 3.05) is 21.1 Å². The summed E-state index contributed by atoms with van der Waals surface area (Å²) in [4.78, 5) is 2.00. The summed E-state index contributed by atoms with van der Waals surface area (Å²) in [6.07, 6.45) is 0. The molecule has 0 fully saturated rings. The summed E-state index contributed by atoms with van der Waals surface area (Å²) in [5.74, 6) is 0. The minimum absolute atomic E-state index is 0. The van der Waals surface area contributed by atoms with Crippen molar-refractivity contribution in [3.63, 3.8) is 0 Å². The molecule has 0 aliphatic heterocycles. The van der Waals surface area contributed by atoms with E-state index in [2.05, 4.69) is 19.1 Å². The van der Waals surface area contributed by atoms with E-state index in [1.807, 2.05) is 44.2 Å². The van der Waals surface area contributed by atoms with Crippen molar-refractivity contribution in [1.29, 1.82) is 0 Å². The van der Waals surface area contributed by atoms with E-state index in [1.165, 1.54) is 5.56 Å². The fourth-order valence-electron chi connectivity index (χ4n) is 0.534. The van der Waals surface area contributed by atoms with Crippen LogP contribution in [0.2, 0.25) is 0 Å². The summed E-state index contributed by atoms with van der Waals surface area (Å²) in [6, 6.07) is 10.3. The molecule has 1 aromatic rings. The molecular weight excluding hydrogens is 161 g/mol. The Morgan fingerprint density at radius 1 is 1.00 bits per heavy atom. The molecular formula is C10H20AlN. The molecule has 0 N–H and O–H groups in total. The zero-order valence-electron chi connectivity index (χ0n) is 11.4. The Labute approximate surface area is 91.0 Å². The quantitative estimate of drug-likeness (QED) is 0.554. The summed E-state index contributed by atoms with van der Waals surface area (Å²) in [5, 5.41) is 0. The van der Waals surface area contributed by atoms with Gasteiger partial charge in [0.25, 0.3) is 0 Å². The van der Waals surface area contributed by atoms with Crippen molar-refractivity contribution in [1.82, 2.24) is 4.90 Å². The van der Waals surface area contributed by atoms with Gasteiger partial charge in [-0.25, -0.2) is 0 Å². The first kappa shape index (κ1) is 14.2. The Morgan fingerprint density at radius 2 is 1.33 bits per heavy atom. The van der Waals surface area contributed by atoms with Gasteiger partial charge in [0.1, 0.15) is 0 Å². The molecule has 0 atom stereocenters. The van der Waals surface area contributed by atoms with Gasteiger partial charge in [0.05, 0.1) is 0 Å². The van der Waals surface area contributed by atoms with Crippen LogP contribution in [-0.4, -0.2) is 43.4 Å². The average molecular weight is 181 g/mol. The van der Waals surface area contributed by atoms with Crippen molar-refractivity contribution in [2.45, 2.75) is 6.92 Å². The molecule has 2 heteroatoms. The van der Waals surface area contributed by atoms with E-state index in [9.17, 15) is 0 Å². The second-order valence-electron chi connectivity index (χ2n) is 3.00. The Balaban J connectivity index is -0.0000000383. The van der Waals surface area contributed by atoms with E-state index in [-0.39, 0.29) is 21.6 Å². The van der Waals surface area contributed by atoms with Crippen LogP contribution in [-0.2, 0) is 0 Å². The van der Waals surface area contributed by atoms with Gasteiger partial charge in [-0.15, -0.1) is 0 Å². The molecule has 0 saturated heterocycles. The summed E-state index contributed by atoms with van der Waals surface area (Å²) >= 11 is 0. The molecule has 68 valence electrons. The van der Waals surface area contributed by atoms with E-state index in [4.69, 9.17) is 0 Å². The molecule has 0 saturated carbocycles. The average Bonchev–Trinajstić information content (AvgIpc) is 1.87. The van der Waals surface area contributed by atoms with Crippen LogP contribution >= 0.6 is 0 Å². The third-order valence-corrected chi connectivity index (χ3v) is 0.940. The minimum atomic E-state index is 0. The topological polar surface area (TPSA) is 3.24 Å². The van der Waals surface area contributed by atoms with E-state index in [0.717, 1.165) is 0 Å². The van der Waals surface area contributed by atoms with Crippen LogP contribution in [0.3, 0.4) is 0 Å². The van der Waals surface area contributed by atoms with Gasteiger partial charge in [-0.2, -0.15) is 0 Å². The molecule has 0 aliphatic rings. The Hall–Kier alpha value is -0.288. The van der Waals surface area contributed by atoms with Crippen LogP contribution in [0, 0.1) is 6.92 Å². The minimum Gasteiger partial charge on any atom is -1.00 e. The van der Waals surface area contributed by atoms with Crippen LogP contribution in [0.1, 0.15) is 9.84 Å². The SMILES string of the molecule is CN(C)C.Cc1ccccc1.[Al+3].[H-].[H-].[H-]. The van der Waals surface area contributed by atoms with E-state index in [0.29, 0.717) is 0 Å². The van der Waals surface area contributed by atoms with Crippen LogP contribution < -0.4 is 0 Å². The first-order valence-electron chi connectivity index (χ1n) is 3.75. The van der Waals surface area contributed by atoms with Crippen molar-refractivity contribution >= 4 is 17.4 Å². The van der Waals surface area contributed by atoms with Crippen LogP contribution in [0.25, 0.3) is 0 Å². The normalized spacial score (nSPS) is 8.08. The van der Waals surface area contributed by atoms with Crippen LogP contribution in [0.5, 0.6) is 0 Å². The molecule has 0 radical (unpaired) electrons. The molecule has 0 heterocycles. The molecule has 0 aliphatic carbocycles. The van der Waals surface area contributed by atoms with Gasteiger partial charge in [-0.05, 0) is 28.1 Å². The summed E-state index contributed by atoms with van der Waals surface area (Å²) in [6.45, 7) is 2.08. The third kappa shape index (κ3) is 12.4. The first-order chi connectivity index (χ1) is 5.13. The maximum Gasteiger partial charge on any atom is 3.00 e. The molecule has 0 bridgehead atoms. The fraction of sp³-hybridized carbons (Fsp3) is 0.400. The zero-order valence-corrected chi connectivity index (χ0v) is 9.57. The molecule has 1 aromatic carbocycles. The van der Waals surface area contributed by atoms with Gasteiger partial charge in [0.2, 0.25) is 0 Å². The van der Waals surface area contributed by atoms with E-state index < -0.39 is 0 Å².